The highest BCUT2D eigenvalue weighted by Gasteiger charge is 2.06. The van der Waals surface area contributed by atoms with Crippen molar-refractivity contribution in [1.82, 2.24) is 5.32 Å². The van der Waals surface area contributed by atoms with Gasteiger partial charge in [0.1, 0.15) is 5.75 Å². The van der Waals surface area contributed by atoms with Gasteiger partial charge in [-0.05, 0) is 57.7 Å². The molecule has 0 bridgehead atoms. The van der Waals surface area contributed by atoms with Crippen molar-refractivity contribution in [1.29, 1.82) is 0 Å². The number of rotatable bonds is 7. The van der Waals surface area contributed by atoms with E-state index >= 15 is 0 Å². The second-order valence-electron chi connectivity index (χ2n) is 5.56. The number of ether oxygens (including phenoxy) is 2. The summed E-state index contributed by atoms with van der Waals surface area (Å²) in [4.78, 5) is 23.2. The van der Waals surface area contributed by atoms with Crippen LogP contribution in [0, 0.1) is 0 Å². The third kappa shape index (κ3) is 6.07. The molecule has 0 saturated carbocycles. The van der Waals surface area contributed by atoms with E-state index in [2.05, 4.69) is 31.3 Å². The third-order valence-corrected chi connectivity index (χ3v) is 4.35. The maximum Gasteiger partial charge on any atom is 0.411 e. The normalized spacial score (nSPS) is 10.1. The fraction of sp³-hybridized carbons (Fsp3) is 0.263. The van der Waals surface area contributed by atoms with Crippen molar-refractivity contribution in [2.24, 2.45) is 0 Å². The summed E-state index contributed by atoms with van der Waals surface area (Å²) >= 11 is 3.44. The van der Waals surface area contributed by atoms with E-state index in [9.17, 15) is 9.59 Å². The zero-order valence-electron chi connectivity index (χ0n) is 14.7. The van der Waals surface area contributed by atoms with Crippen LogP contribution in [-0.4, -0.2) is 26.2 Å². The number of benzene rings is 2. The number of amides is 2. The summed E-state index contributed by atoms with van der Waals surface area (Å²) in [5.41, 5.74) is 2.64. The predicted molar refractivity (Wildman–Crippen MR) is 103 cm³/mol. The van der Waals surface area contributed by atoms with Crippen LogP contribution in [0.2, 0.25) is 0 Å². The van der Waals surface area contributed by atoms with Gasteiger partial charge in [0, 0.05) is 18.7 Å². The number of halogens is 1. The Hall–Kier alpha value is -2.54. The molecule has 0 aromatic heterocycles. The molecule has 0 fully saturated rings. The molecule has 0 saturated heterocycles. The number of aryl methyl sites for hydroxylation is 1. The van der Waals surface area contributed by atoms with Crippen molar-refractivity contribution in [3.63, 3.8) is 0 Å². The van der Waals surface area contributed by atoms with Crippen molar-refractivity contribution >= 4 is 33.6 Å². The van der Waals surface area contributed by atoms with Crippen LogP contribution in [0.25, 0.3) is 0 Å². The highest BCUT2D eigenvalue weighted by atomic mass is 79.9. The topological polar surface area (TPSA) is 76.7 Å². The van der Waals surface area contributed by atoms with E-state index in [-0.39, 0.29) is 5.91 Å². The van der Waals surface area contributed by atoms with Gasteiger partial charge in [-0.3, -0.25) is 10.1 Å². The van der Waals surface area contributed by atoms with Gasteiger partial charge in [0.2, 0.25) is 5.91 Å². The van der Waals surface area contributed by atoms with E-state index < -0.39 is 6.09 Å². The number of methoxy groups -OCH3 is 2. The SMILES string of the molecule is COC(=O)Nc1ccc(CNC(=O)CCc2ccc(OC)c(Br)c2)cc1. The number of carbonyl (C=O) groups is 2. The molecule has 2 rings (SSSR count). The Morgan fingerprint density at radius 1 is 1.04 bits per heavy atom. The van der Waals surface area contributed by atoms with Crippen molar-refractivity contribution in [3.05, 3.63) is 58.1 Å². The lowest BCUT2D eigenvalue weighted by molar-refractivity contribution is -0.121. The molecule has 0 unspecified atom stereocenters. The van der Waals surface area contributed by atoms with Gasteiger partial charge in [-0.1, -0.05) is 18.2 Å². The molecule has 0 spiro atoms. The molecule has 138 valence electrons. The number of nitrogens with one attached hydrogen (secondary N) is 2. The standard InChI is InChI=1S/C19H21BrN2O4/c1-25-17-9-5-13(11-16(17)20)6-10-18(23)21-12-14-3-7-15(8-4-14)22-19(24)26-2/h3-5,7-9,11H,6,10,12H2,1-2H3,(H,21,23)(H,22,24). The Balaban J connectivity index is 1.78. The van der Waals surface area contributed by atoms with E-state index in [0.29, 0.717) is 25.1 Å². The van der Waals surface area contributed by atoms with E-state index in [4.69, 9.17) is 4.74 Å². The fourth-order valence-corrected chi connectivity index (χ4v) is 2.88. The Labute approximate surface area is 161 Å². The quantitative estimate of drug-likeness (QED) is 0.712. The van der Waals surface area contributed by atoms with Gasteiger partial charge in [-0.25, -0.2) is 4.79 Å². The average molecular weight is 421 g/mol. The van der Waals surface area contributed by atoms with Crippen LogP contribution < -0.4 is 15.4 Å². The molecular formula is C19H21BrN2O4. The minimum absolute atomic E-state index is 0.0197. The molecule has 0 radical (unpaired) electrons. The number of hydrogen-bond donors (Lipinski definition) is 2. The molecule has 2 amide bonds. The minimum Gasteiger partial charge on any atom is -0.496 e. The Kier molecular flexibility index (Phi) is 7.47. The largest absolute Gasteiger partial charge is 0.496 e. The van der Waals surface area contributed by atoms with Gasteiger partial charge in [-0.2, -0.15) is 0 Å². The first-order chi connectivity index (χ1) is 12.5. The molecule has 7 heteroatoms. The summed E-state index contributed by atoms with van der Waals surface area (Å²) < 4.78 is 10.6. The summed E-state index contributed by atoms with van der Waals surface area (Å²) in [6.07, 6.45) is 0.535. The summed E-state index contributed by atoms with van der Waals surface area (Å²) in [6, 6.07) is 13.0. The summed E-state index contributed by atoms with van der Waals surface area (Å²) in [6.45, 7) is 0.434. The molecule has 0 aliphatic rings. The van der Waals surface area contributed by atoms with E-state index in [1.165, 1.54) is 7.11 Å². The average Bonchev–Trinajstić information content (AvgIpc) is 2.65. The lowest BCUT2D eigenvalue weighted by atomic mass is 10.1. The molecule has 2 N–H and O–H groups in total. The van der Waals surface area contributed by atoms with Crippen LogP contribution >= 0.6 is 15.9 Å². The number of hydrogen-bond acceptors (Lipinski definition) is 4. The van der Waals surface area contributed by atoms with Crippen LogP contribution in [-0.2, 0) is 22.5 Å². The summed E-state index contributed by atoms with van der Waals surface area (Å²) in [7, 11) is 2.93. The maximum absolute atomic E-state index is 12.0. The Morgan fingerprint density at radius 2 is 1.73 bits per heavy atom. The Bertz CT molecular complexity index is 763. The monoisotopic (exact) mass is 420 g/mol. The molecule has 2 aromatic carbocycles. The van der Waals surface area contributed by atoms with Crippen LogP contribution in [0.4, 0.5) is 10.5 Å². The lowest BCUT2D eigenvalue weighted by Gasteiger charge is -2.08. The predicted octanol–water partition coefficient (Wildman–Crippen LogP) is 3.89. The first kappa shape index (κ1) is 19.8. The molecule has 0 aliphatic carbocycles. The minimum atomic E-state index is -0.517. The van der Waals surface area contributed by atoms with E-state index in [1.54, 1.807) is 19.2 Å². The van der Waals surface area contributed by atoms with Crippen LogP contribution in [0.5, 0.6) is 5.75 Å². The lowest BCUT2D eigenvalue weighted by Crippen LogP contribution is -2.23. The fourth-order valence-electron chi connectivity index (χ4n) is 2.29. The molecule has 26 heavy (non-hydrogen) atoms. The van der Waals surface area contributed by atoms with Gasteiger partial charge < -0.3 is 14.8 Å². The molecule has 0 aliphatic heterocycles. The zero-order valence-corrected chi connectivity index (χ0v) is 16.3. The Morgan fingerprint density at radius 3 is 2.35 bits per heavy atom. The van der Waals surface area contributed by atoms with Crippen molar-refractivity contribution < 1.29 is 19.1 Å². The zero-order chi connectivity index (χ0) is 18.9. The van der Waals surface area contributed by atoms with Gasteiger partial charge in [0.05, 0.1) is 18.7 Å². The highest BCUT2D eigenvalue weighted by Crippen LogP contribution is 2.25. The van der Waals surface area contributed by atoms with Crippen LogP contribution in [0.1, 0.15) is 17.5 Å². The van der Waals surface area contributed by atoms with Crippen molar-refractivity contribution in [2.45, 2.75) is 19.4 Å². The first-order valence-electron chi connectivity index (χ1n) is 8.05. The molecular weight excluding hydrogens is 400 g/mol. The smallest absolute Gasteiger partial charge is 0.411 e. The van der Waals surface area contributed by atoms with Gasteiger partial charge in [-0.15, -0.1) is 0 Å². The molecule has 2 aromatic rings. The molecule has 0 heterocycles. The molecule has 6 nitrogen and oxygen atoms in total. The van der Waals surface area contributed by atoms with Gasteiger partial charge in [0.25, 0.3) is 0 Å². The summed E-state index contributed by atoms with van der Waals surface area (Å²) in [5.74, 6) is 0.747. The first-order valence-corrected chi connectivity index (χ1v) is 8.84. The van der Waals surface area contributed by atoms with E-state index in [1.807, 2.05) is 30.3 Å². The van der Waals surface area contributed by atoms with Crippen molar-refractivity contribution in [3.8, 4) is 5.75 Å². The van der Waals surface area contributed by atoms with Crippen LogP contribution in [0.15, 0.2) is 46.9 Å². The van der Waals surface area contributed by atoms with Gasteiger partial charge >= 0.3 is 6.09 Å². The maximum atomic E-state index is 12.0. The van der Waals surface area contributed by atoms with Crippen LogP contribution in [0.3, 0.4) is 0 Å². The highest BCUT2D eigenvalue weighted by molar-refractivity contribution is 9.10. The van der Waals surface area contributed by atoms with Crippen molar-refractivity contribution in [2.75, 3.05) is 19.5 Å². The van der Waals surface area contributed by atoms with Gasteiger partial charge in [0.15, 0.2) is 0 Å². The number of anilines is 1. The van der Waals surface area contributed by atoms with E-state index in [0.717, 1.165) is 21.3 Å². The summed E-state index contributed by atoms with van der Waals surface area (Å²) in [5, 5.41) is 5.46. The second-order valence-corrected chi connectivity index (χ2v) is 6.41. The molecule has 0 atom stereocenters. The second kappa shape index (κ2) is 9.82. The number of carbonyl (C=O) groups excluding carboxylic acids is 2. The third-order valence-electron chi connectivity index (χ3n) is 3.73.